The number of para-hydroxylation sites is 1. The van der Waals surface area contributed by atoms with Crippen LogP contribution in [0.4, 0.5) is 5.69 Å². The van der Waals surface area contributed by atoms with Gasteiger partial charge in [0.2, 0.25) is 0 Å². The molecule has 0 aliphatic carbocycles. The average molecular weight is 388 g/mol. The fraction of sp³-hybridized carbons (Fsp3) is 0.130. The molecule has 0 atom stereocenters. The summed E-state index contributed by atoms with van der Waals surface area (Å²) in [4.78, 5) is 20.3. The van der Waals surface area contributed by atoms with E-state index in [9.17, 15) is 4.79 Å². The minimum atomic E-state index is 0.0109. The van der Waals surface area contributed by atoms with E-state index in [1.807, 2.05) is 84.6 Å². The van der Waals surface area contributed by atoms with Gasteiger partial charge in [0.1, 0.15) is 0 Å². The maximum Gasteiger partial charge on any atom is 0.266 e. The van der Waals surface area contributed by atoms with E-state index in [0.717, 1.165) is 23.0 Å². The zero-order valence-electron chi connectivity index (χ0n) is 15.7. The van der Waals surface area contributed by atoms with Gasteiger partial charge in [-0.05, 0) is 54.1 Å². The number of carbonyl (C=O) groups excluding carboxylic acids is 1. The van der Waals surface area contributed by atoms with Gasteiger partial charge >= 0.3 is 0 Å². The Bertz CT molecular complexity index is 1020. The van der Waals surface area contributed by atoms with Gasteiger partial charge in [0, 0.05) is 25.5 Å². The van der Waals surface area contributed by atoms with Crippen molar-refractivity contribution in [3.63, 3.8) is 0 Å². The Balaban J connectivity index is 1.63. The number of benzene rings is 2. The summed E-state index contributed by atoms with van der Waals surface area (Å²) in [5.41, 5.74) is 3.06. The van der Waals surface area contributed by atoms with Crippen molar-refractivity contribution in [2.75, 3.05) is 6.54 Å². The molecule has 1 amide bonds. The van der Waals surface area contributed by atoms with Crippen molar-refractivity contribution in [1.82, 2.24) is 9.47 Å². The predicted molar refractivity (Wildman–Crippen MR) is 116 cm³/mol. The van der Waals surface area contributed by atoms with E-state index < -0.39 is 0 Å². The smallest absolute Gasteiger partial charge is 0.266 e. The van der Waals surface area contributed by atoms with E-state index in [2.05, 4.69) is 12.1 Å². The third-order valence-electron chi connectivity index (χ3n) is 4.60. The van der Waals surface area contributed by atoms with Gasteiger partial charge in [0.05, 0.1) is 10.6 Å². The molecule has 4 rings (SSSR count). The number of amidine groups is 1. The minimum absolute atomic E-state index is 0.0109. The van der Waals surface area contributed by atoms with Crippen molar-refractivity contribution >= 4 is 34.6 Å². The van der Waals surface area contributed by atoms with Gasteiger partial charge in [0.15, 0.2) is 5.17 Å². The van der Waals surface area contributed by atoms with E-state index in [1.54, 1.807) is 4.90 Å². The Hall–Kier alpha value is -3.05. The summed E-state index contributed by atoms with van der Waals surface area (Å²) < 4.78 is 2.00. The maximum atomic E-state index is 13.1. The van der Waals surface area contributed by atoms with Gasteiger partial charge in [-0.2, -0.15) is 0 Å². The zero-order chi connectivity index (χ0) is 19.3. The number of thioether (sulfide) groups is 1. The lowest BCUT2D eigenvalue weighted by Crippen LogP contribution is -2.31. The maximum absolute atomic E-state index is 13.1. The Morgan fingerprint density at radius 2 is 1.68 bits per heavy atom. The third-order valence-corrected chi connectivity index (χ3v) is 5.61. The van der Waals surface area contributed by atoms with Gasteiger partial charge in [-0.15, -0.1) is 0 Å². The molecule has 1 aliphatic heterocycles. The average Bonchev–Trinajstić information content (AvgIpc) is 3.25. The van der Waals surface area contributed by atoms with E-state index in [0.29, 0.717) is 11.4 Å². The van der Waals surface area contributed by atoms with Crippen LogP contribution in [0, 0.1) is 0 Å². The molecule has 0 unspecified atom stereocenters. The van der Waals surface area contributed by atoms with Crippen molar-refractivity contribution in [1.29, 1.82) is 0 Å². The highest BCUT2D eigenvalue weighted by atomic mass is 32.2. The lowest BCUT2D eigenvalue weighted by atomic mass is 10.1. The minimum Gasteiger partial charge on any atom is -0.351 e. The summed E-state index contributed by atoms with van der Waals surface area (Å²) in [6.45, 7) is 0.603. The molecule has 0 saturated carbocycles. The zero-order valence-corrected chi connectivity index (χ0v) is 16.5. The molecule has 0 N–H and O–H groups in total. The number of hydrogen-bond acceptors (Lipinski definition) is 3. The van der Waals surface area contributed by atoms with Crippen molar-refractivity contribution in [3.05, 3.63) is 95.2 Å². The highest BCUT2D eigenvalue weighted by Crippen LogP contribution is 2.34. The Labute approximate surface area is 169 Å². The molecule has 2 aromatic carbocycles. The Morgan fingerprint density at radius 1 is 0.964 bits per heavy atom. The molecular formula is C23H21N3OS. The Kier molecular flexibility index (Phi) is 5.44. The lowest BCUT2D eigenvalue weighted by molar-refractivity contribution is -0.122. The van der Waals surface area contributed by atoms with Crippen molar-refractivity contribution in [2.45, 2.75) is 6.42 Å². The standard InChI is InChI=1S/C23H21N3OS/c1-25-15-8-13-20(25)17-21-22(27)26(16-14-18-9-4-2-5-10-18)23(28-21)24-19-11-6-3-7-12-19/h2-13,15,17H,14,16H2,1H3/b21-17-,24-23?. The largest absolute Gasteiger partial charge is 0.351 e. The number of rotatable bonds is 5. The first-order chi connectivity index (χ1) is 13.7. The molecule has 2 heterocycles. The number of aliphatic imine (C=N–C) groups is 1. The van der Waals surface area contributed by atoms with Gasteiger partial charge in [-0.25, -0.2) is 4.99 Å². The molecule has 0 radical (unpaired) electrons. The summed E-state index contributed by atoms with van der Waals surface area (Å²) in [6.07, 6.45) is 4.71. The van der Waals surface area contributed by atoms with E-state index in [4.69, 9.17) is 4.99 Å². The summed E-state index contributed by atoms with van der Waals surface area (Å²) in [5.74, 6) is 0.0109. The summed E-state index contributed by atoms with van der Waals surface area (Å²) in [6, 6.07) is 24.0. The summed E-state index contributed by atoms with van der Waals surface area (Å²) in [5, 5.41) is 0.729. The highest BCUT2D eigenvalue weighted by molar-refractivity contribution is 8.18. The van der Waals surface area contributed by atoms with Gasteiger partial charge in [-0.1, -0.05) is 48.5 Å². The van der Waals surface area contributed by atoms with Crippen molar-refractivity contribution in [2.24, 2.45) is 12.0 Å². The van der Waals surface area contributed by atoms with Gasteiger partial charge in [-0.3, -0.25) is 9.69 Å². The van der Waals surface area contributed by atoms with Crippen molar-refractivity contribution in [3.8, 4) is 0 Å². The third kappa shape index (κ3) is 4.10. The van der Waals surface area contributed by atoms with Crippen LogP contribution in [-0.2, 0) is 18.3 Å². The highest BCUT2D eigenvalue weighted by Gasteiger charge is 2.33. The second-order valence-electron chi connectivity index (χ2n) is 6.58. The number of aryl methyl sites for hydroxylation is 1. The first-order valence-corrected chi connectivity index (χ1v) is 10.0. The predicted octanol–water partition coefficient (Wildman–Crippen LogP) is 4.87. The van der Waals surface area contributed by atoms with Gasteiger partial charge in [0.25, 0.3) is 5.91 Å². The van der Waals surface area contributed by atoms with E-state index in [-0.39, 0.29) is 5.91 Å². The molecular weight excluding hydrogens is 366 g/mol. The molecule has 3 aromatic rings. The van der Waals surface area contributed by atoms with Crippen LogP contribution in [0.15, 0.2) is 88.9 Å². The van der Waals surface area contributed by atoms with E-state index in [1.165, 1.54) is 17.3 Å². The van der Waals surface area contributed by atoms with Gasteiger partial charge < -0.3 is 4.57 Å². The normalized spacial score (nSPS) is 17.0. The molecule has 1 aromatic heterocycles. The molecule has 0 bridgehead atoms. The Morgan fingerprint density at radius 3 is 2.36 bits per heavy atom. The number of aromatic nitrogens is 1. The molecule has 28 heavy (non-hydrogen) atoms. The summed E-state index contributed by atoms with van der Waals surface area (Å²) >= 11 is 1.44. The molecule has 140 valence electrons. The monoisotopic (exact) mass is 387 g/mol. The second-order valence-corrected chi connectivity index (χ2v) is 7.59. The van der Waals surface area contributed by atoms with Crippen molar-refractivity contribution < 1.29 is 4.79 Å². The number of carbonyl (C=O) groups is 1. The van der Waals surface area contributed by atoms with Crippen LogP contribution in [-0.4, -0.2) is 27.1 Å². The number of hydrogen-bond donors (Lipinski definition) is 0. The molecule has 1 saturated heterocycles. The van der Waals surface area contributed by atoms with E-state index >= 15 is 0 Å². The first-order valence-electron chi connectivity index (χ1n) is 9.21. The topological polar surface area (TPSA) is 37.6 Å². The number of nitrogens with zero attached hydrogens (tertiary/aromatic N) is 3. The molecule has 5 heteroatoms. The molecule has 1 aliphatic rings. The second kappa shape index (κ2) is 8.31. The quantitative estimate of drug-likeness (QED) is 0.586. The molecule has 0 spiro atoms. The SMILES string of the molecule is Cn1cccc1/C=C1\SC(=Nc2ccccc2)N(CCc2ccccc2)C1=O. The van der Waals surface area contributed by atoms with Crippen LogP contribution >= 0.6 is 11.8 Å². The summed E-state index contributed by atoms with van der Waals surface area (Å²) in [7, 11) is 1.97. The first kappa shape index (κ1) is 18.3. The van der Waals surface area contributed by atoms with Crippen LogP contribution in [0.1, 0.15) is 11.3 Å². The van der Waals surface area contributed by atoms with Crippen LogP contribution < -0.4 is 0 Å². The number of amides is 1. The molecule has 1 fully saturated rings. The van der Waals surface area contributed by atoms with Crippen LogP contribution in [0.2, 0.25) is 0 Å². The molecule has 4 nitrogen and oxygen atoms in total. The fourth-order valence-corrected chi connectivity index (χ4v) is 4.06. The van der Waals surface area contributed by atoms with Crippen LogP contribution in [0.5, 0.6) is 0 Å². The fourth-order valence-electron chi connectivity index (χ4n) is 3.05. The van der Waals surface area contributed by atoms with Crippen LogP contribution in [0.25, 0.3) is 6.08 Å². The lowest BCUT2D eigenvalue weighted by Gasteiger charge is -2.15. The van der Waals surface area contributed by atoms with Crippen LogP contribution in [0.3, 0.4) is 0 Å².